The van der Waals surface area contributed by atoms with Crippen molar-refractivity contribution >= 4 is 18.4 Å². The Kier molecular flexibility index (Phi) is 6.34. The minimum atomic E-state index is 0.478. The molecule has 0 saturated carbocycles. The molecule has 0 fully saturated rings. The van der Waals surface area contributed by atoms with E-state index < -0.39 is 0 Å². The molecule has 0 amide bonds. The number of hydrogen-bond donors (Lipinski definition) is 1. The SMILES string of the molecule is CCCOc1ccc(/C=N/n2c(CC)n[nH]c2=S)cc1OCC. The monoisotopic (exact) mass is 334 g/mol. The first-order chi connectivity index (χ1) is 11.2. The zero-order chi connectivity index (χ0) is 16.7. The summed E-state index contributed by atoms with van der Waals surface area (Å²) in [5.74, 6) is 2.26. The standard InChI is InChI=1S/C16H22N4O2S/c1-4-9-22-13-8-7-12(10-14(13)21-6-3)11-17-20-15(5-2)18-19-16(20)23/h7-8,10-11H,4-6,9H2,1-3H3,(H,19,23)/b17-11+. The van der Waals surface area contributed by atoms with Gasteiger partial charge in [-0.05, 0) is 49.3 Å². The molecule has 0 atom stereocenters. The van der Waals surface area contributed by atoms with Crippen LogP contribution in [0.15, 0.2) is 23.3 Å². The fraction of sp³-hybridized carbons (Fsp3) is 0.438. The normalized spacial score (nSPS) is 11.1. The highest BCUT2D eigenvalue weighted by Crippen LogP contribution is 2.28. The molecular weight excluding hydrogens is 312 g/mol. The molecule has 0 unspecified atom stereocenters. The van der Waals surface area contributed by atoms with Gasteiger partial charge in [0.1, 0.15) is 0 Å². The molecule has 1 aromatic heterocycles. The lowest BCUT2D eigenvalue weighted by molar-refractivity contribution is 0.277. The second-order valence-electron chi connectivity index (χ2n) is 4.84. The third-order valence-electron chi connectivity index (χ3n) is 3.09. The molecule has 0 aliphatic carbocycles. The lowest BCUT2D eigenvalue weighted by atomic mass is 10.2. The average molecular weight is 334 g/mol. The third-order valence-corrected chi connectivity index (χ3v) is 3.35. The molecule has 23 heavy (non-hydrogen) atoms. The van der Waals surface area contributed by atoms with E-state index >= 15 is 0 Å². The minimum absolute atomic E-state index is 0.478. The van der Waals surface area contributed by atoms with Crippen molar-refractivity contribution in [1.29, 1.82) is 0 Å². The van der Waals surface area contributed by atoms with Crippen LogP contribution in [-0.2, 0) is 6.42 Å². The second kappa shape index (κ2) is 8.47. The molecule has 1 aromatic carbocycles. The number of aromatic amines is 1. The molecule has 0 aliphatic rings. The van der Waals surface area contributed by atoms with Crippen molar-refractivity contribution in [2.45, 2.75) is 33.6 Å². The van der Waals surface area contributed by atoms with Crippen molar-refractivity contribution in [2.75, 3.05) is 13.2 Å². The molecular formula is C16H22N4O2S. The summed E-state index contributed by atoms with van der Waals surface area (Å²) in [6.45, 7) is 7.27. The van der Waals surface area contributed by atoms with Gasteiger partial charge in [-0.15, -0.1) is 0 Å². The summed E-state index contributed by atoms with van der Waals surface area (Å²) >= 11 is 5.18. The third kappa shape index (κ3) is 4.41. The maximum Gasteiger partial charge on any atom is 0.216 e. The lowest BCUT2D eigenvalue weighted by Crippen LogP contribution is -2.01. The van der Waals surface area contributed by atoms with Crippen molar-refractivity contribution in [2.24, 2.45) is 5.10 Å². The van der Waals surface area contributed by atoms with Crippen LogP contribution in [0.3, 0.4) is 0 Å². The number of rotatable bonds is 8. The van der Waals surface area contributed by atoms with Gasteiger partial charge in [-0.2, -0.15) is 14.9 Å². The van der Waals surface area contributed by atoms with Crippen molar-refractivity contribution in [3.05, 3.63) is 34.4 Å². The van der Waals surface area contributed by atoms with Crippen LogP contribution in [0.1, 0.15) is 38.6 Å². The van der Waals surface area contributed by atoms with E-state index in [1.54, 1.807) is 10.9 Å². The van der Waals surface area contributed by atoms with Crippen LogP contribution in [0.25, 0.3) is 0 Å². The Morgan fingerprint density at radius 3 is 2.78 bits per heavy atom. The fourth-order valence-electron chi connectivity index (χ4n) is 2.00. The van der Waals surface area contributed by atoms with E-state index in [9.17, 15) is 0 Å². The van der Waals surface area contributed by atoms with Crippen molar-refractivity contribution in [3.63, 3.8) is 0 Å². The smallest absolute Gasteiger partial charge is 0.216 e. The van der Waals surface area contributed by atoms with E-state index in [4.69, 9.17) is 21.7 Å². The highest BCUT2D eigenvalue weighted by molar-refractivity contribution is 7.71. The Labute approximate surface area is 141 Å². The predicted molar refractivity (Wildman–Crippen MR) is 93.2 cm³/mol. The first-order valence-corrected chi connectivity index (χ1v) is 8.20. The van der Waals surface area contributed by atoms with Gasteiger partial charge < -0.3 is 9.47 Å². The number of hydrogen-bond acceptors (Lipinski definition) is 5. The molecule has 124 valence electrons. The van der Waals surface area contributed by atoms with Gasteiger partial charge in [0.2, 0.25) is 4.77 Å². The molecule has 0 bridgehead atoms. The highest BCUT2D eigenvalue weighted by Gasteiger charge is 2.06. The number of aryl methyl sites for hydroxylation is 1. The summed E-state index contributed by atoms with van der Waals surface area (Å²) < 4.78 is 13.4. The van der Waals surface area contributed by atoms with Gasteiger partial charge >= 0.3 is 0 Å². The molecule has 1 N–H and O–H groups in total. The molecule has 0 saturated heterocycles. The summed E-state index contributed by atoms with van der Waals surface area (Å²) in [5.41, 5.74) is 0.905. The van der Waals surface area contributed by atoms with Crippen molar-refractivity contribution in [3.8, 4) is 11.5 Å². The number of nitrogens with zero attached hydrogens (tertiary/aromatic N) is 3. The lowest BCUT2D eigenvalue weighted by Gasteiger charge is -2.11. The van der Waals surface area contributed by atoms with Gasteiger partial charge in [0, 0.05) is 6.42 Å². The summed E-state index contributed by atoms with van der Waals surface area (Å²) in [6, 6.07) is 5.75. The first kappa shape index (κ1) is 17.2. The van der Waals surface area contributed by atoms with Gasteiger partial charge in [0.15, 0.2) is 17.3 Å². The van der Waals surface area contributed by atoms with E-state index in [-0.39, 0.29) is 0 Å². The molecule has 6 nitrogen and oxygen atoms in total. The van der Waals surface area contributed by atoms with Crippen molar-refractivity contribution < 1.29 is 9.47 Å². The van der Waals surface area contributed by atoms with Gasteiger partial charge in [-0.25, -0.2) is 0 Å². The van der Waals surface area contributed by atoms with E-state index in [1.165, 1.54) is 0 Å². The van der Waals surface area contributed by atoms with Crippen LogP contribution in [0.2, 0.25) is 0 Å². The number of benzene rings is 1. The Bertz CT molecular complexity index is 721. The van der Waals surface area contributed by atoms with E-state index in [0.717, 1.165) is 35.7 Å². The first-order valence-electron chi connectivity index (χ1n) is 7.79. The van der Waals surface area contributed by atoms with Crippen LogP contribution in [0.5, 0.6) is 11.5 Å². The Morgan fingerprint density at radius 2 is 2.09 bits per heavy atom. The van der Waals surface area contributed by atoms with E-state index in [1.807, 2.05) is 32.0 Å². The van der Waals surface area contributed by atoms with Gasteiger partial charge in [-0.3, -0.25) is 5.10 Å². The number of nitrogens with one attached hydrogen (secondary N) is 1. The summed E-state index contributed by atoms with van der Waals surface area (Å²) in [6.07, 6.45) is 3.43. The molecule has 2 rings (SSSR count). The van der Waals surface area contributed by atoms with Gasteiger partial charge in [0.25, 0.3) is 0 Å². The van der Waals surface area contributed by atoms with E-state index in [0.29, 0.717) is 18.0 Å². The molecule has 0 aliphatic heterocycles. The topological polar surface area (TPSA) is 64.4 Å². The number of aromatic nitrogens is 3. The zero-order valence-electron chi connectivity index (χ0n) is 13.7. The Balaban J connectivity index is 2.25. The largest absolute Gasteiger partial charge is 0.490 e. The molecule has 7 heteroatoms. The van der Waals surface area contributed by atoms with E-state index in [2.05, 4.69) is 22.2 Å². The molecule has 0 radical (unpaired) electrons. The number of H-pyrrole nitrogens is 1. The summed E-state index contributed by atoms with van der Waals surface area (Å²) in [7, 11) is 0. The Morgan fingerprint density at radius 1 is 1.26 bits per heavy atom. The number of ether oxygens (including phenoxy) is 2. The Hall–Kier alpha value is -2.15. The van der Waals surface area contributed by atoms with Crippen LogP contribution in [0, 0.1) is 4.77 Å². The molecule has 1 heterocycles. The van der Waals surface area contributed by atoms with Crippen LogP contribution in [0.4, 0.5) is 0 Å². The van der Waals surface area contributed by atoms with Crippen LogP contribution < -0.4 is 9.47 Å². The highest BCUT2D eigenvalue weighted by atomic mass is 32.1. The summed E-state index contributed by atoms with van der Waals surface area (Å²) in [4.78, 5) is 0. The molecule has 0 spiro atoms. The van der Waals surface area contributed by atoms with Crippen molar-refractivity contribution in [1.82, 2.24) is 14.9 Å². The molecule has 2 aromatic rings. The van der Waals surface area contributed by atoms with Crippen LogP contribution >= 0.6 is 12.2 Å². The zero-order valence-corrected chi connectivity index (χ0v) is 14.5. The maximum atomic E-state index is 5.69. The minimum Gasteiger partial charge on any atom is -0.490 e. The van der Waals surface area contributed by atoms with Gasteiger partial charge in [0.05, 0.1) is 19.4 Å². The fourth-order valence-corrected chi connectivity index (χ4v) is 2.20. The maximum absolute atomic E-state index is 5.69. The predicted octanol–water partition coefficient (Wildman–Crippen LogP) is 3.57. The second-order valence-corrected chi connectivity index (χ2v) is 5.23. The average Bonchev–Trinajstić information content (AvgIpc) is 2.92. The quantitative estimate of drug-likeness (QED) is 0.592. The van der Waals surface area contributed by atoms with Crippen LogP contribution in [-0.4, -0.2) is 34.3 Å². The van der Waals surface area contributed by atoms with Gasteiger partial charge in [-0.1, -0.05) is 13.8 Å². The summed E-state index contributed by atoms with van der Waals surface area (Å²) in [5, 5.41) is 11.3.